The third-order valence-corrected chi connectivity index (χ3v) is 3.80. The van der Waals surface area contributed by atoms with E-state index in [1.54, 1.807) is 0 Å². The van der Waals surface area contributed by atoms with Gasteiger partial charge in [0.05, 0.1) is 12.2 Å². The van der Waals surface area contributed by atoms with Crippen LogP contribution in [0.2, 0.25) is 0 Å². The van der Waals surface area contributed by atoms with Crippen molar-refractivity contribution in [3.05, 3.63) is 58.7 Å². The zero-order valence-electron chi connectivity index (χ0n) is 11.5. The molecule has 0 saturated heterocycles. The summed E-state index contributed by atoms with van der Waals surface area (Å²) in [6.07, 6.45) is 1.97. The van der Waals surface area contributed by atoms with Gasteiger partial charge in [-0.15, -0.1) is 0 Å². The first kappa shape index (κ1) is 12.7. The lowest BCUT2D eigenvalue weighted by atomic mass is 9.94. The number of nitrogens with two attached hydrogens (primary N) is 1. The highest BCUT2D eigenvalue weighted by Gasteiger charge is 2.21. The number of nitrogen functional groups attached to an aromatic ring is 1. The molecule has 0 radical (unpaired) electrons. The molecule has 20 heavy (non-hydrogen) atoms. The first-order chi connectivity index (χ1) is 9.68. The van der Waals surface area contributed by atoms with Gasteiger partial charge >= 0.3 is 0 Å². The molecule has 0 aliphatic carbocycles. The van der Waals surface area contributed by atoms with Crippen molar-refractivity contribution in [3.63, 3.8) is 0 Å². The van der Waals surface area contributed by atoms with Gasteiger partial charge in [0.2, 0.25) is 0 Å². The van der Waals surface area contributed by atoms with E-state index in [0.29, 0.717) is 23.4 Å². The van der Waals surface area contributed by atoms with Crippen LogP contribution in [-0.2, 0) is 6.42 Å². The van der Waals surface area contributed by atoms with Gasteiger partial charge < -0.3 is 10.5 Å². The molecule has 0 bridgehead atoms. The molecule has 2 aromatic rings. The maximum absolute atomic E-state index is 12.8. The van der Waals surface area contributed by atoms with Crippen LogP contribution in [-0.4, -0.2) is 12.4 Å². The zero-order valence-corrected chi connectivity index (χ0v) is 11.5. The van der Waals surface area contributed by atoms with Gasteiger partial charge in [-0.25, -0.2) is 0 Å². The summed E-state index contributed by atoms with van der Waals surface area (Å²) in [6, 6.07) is 11.2. The molecule has 0 unspecified atom stereocenters. The molecule has 0 saturated carbocycles. The molecule has 0 fully saturated rings. The molecule has 0 spiro atoms. The minimum atomic E-state index is -0.0199. The molecule has 0 atom stereocenters. The maximum atomic E-state index is 12.8. The zero-order chi connectivity index (χ0) is 14.1. The Kier molecular flexibility index (Phi) is 3.18. The first-order valence-corrected chi connectivity index (χ1v) is 6.83. The first-order valence-electron chi connectivity index (χ1n) is 6.83. The van der Waals surface area contributed by atoms with Gasteiger partial charge in [0.1, 0.15) is 5.75 Å². The van der Waals surface area contributed by atoms with Crippen LogP contribution in [0.1, 0.15) is 33.5 Å². The van der Waals surface area contributed by atoms with Crippen LogP contribution in [0.15, 0.2) is 36.4 Å². The number of anilines is 1. The Balaban J connectivity index is 2.09. The van der Waals surface area contributed by atoms with Crippen molar-refractivity contribution in [2.45, 2.75) is 19.8 Å². The Morgan fingerprint density at radius 3 is 2.75 bits per heavy atom. The predicted molar refractivity (Wildman–Crippen MR) is 79.3 cm³/mol. The summed E-state index contributed by atoms with van der Waals surface area (Å²) < 4.78 is 5.72. The number of para-hydroxylation sites is 1. The van der Waals surface area contributed by atoms with Crippen molar-refractivity contribution in [2.24, 2.45) is 0 Å². The fourth-order valence-corrected chi connectivity index (χ4v) is 2.61. The second kappa shape index (κ2) is 5.00. The van der Waals surface area contributed by atoms with Gasteiger partial charge in [0.25, 0.3) is 0 Å². The van der Waals surface area contributed by atoms with Gasteiger partial charge in [-0.2, -0.15) is 0 Å². The summed E-state index contributed by atoms with van der Waals surface area (Å²) in [6.45, 7) is 2.55. The molecule has 0 amide bonds. The second-order valence-electron chi connectivity index (χ2n) is 5.09. The summed E-state index contributed by atoms with van der Waals surface area (Å²) in [5.41, 5.74) is 9.75. The summed E-state index contributed by atoms with van der Waals surface area (Å²) in [5.74, 6) is 0.721. The third-order valence-electron chi connectivity index (χ3n) is 3.80. The van der Waals surface area contributed by atoms with Gasteiger partial charge in [-0.05, 0) is 43.0 Å². The third kappa shape index (κ3) is 2.05. The van der Waals surface area contributed by atoms with E-state index < -0.39 is 0 Å². The number of aryl methyl sites for hydroxylation is 1. The van der Waals surface area contributed by atoms with Crippen LogP contribution >= 0.6 is 0 Å². The van der Waals surface area contributed by atoms with Crippen LogP contribution < -0.4 is 10.5 Å². The van der Waals surface area contributed by atoms with Crippen LogP contribution in [0.4, 0.5) is 5.69 Å². The molecule has 102 valence electrons. The van der Waals surface area contributed by atoms with Crippen LogP contribution in [0.5, 0.6) is 5.75 Å². The van der Waals surface area contributed by atoms with Crippen LogP contribution in [0, 0.1) is 6.92 Å². The van der Waals surface area contributed by atoms with Crippen molar-refractivity contribution < 1.29 is 9.53 Å². The molecule has 2 N–H and O–H groups in total. The molecule has 0 aromatic heterocycles. The van der Waals surface area contributed by atoms with E-state index in [0.717, 1.165) is 29.7 Å². The number of carbonyl (C=O) groups excluding carboxylic acids is 1. The molecule has 1 heterocycles. The van der Waals surface area contributed by atoms with E-state index in [4.69, 9.17) is 10.5 Å². The number of carbonyl (C=O) groups is 1. The number of fused-ring (bicyclic) bond motifs is 1. The Bertz CT molecular complexity index is 677. The van der Waals surface area contributed by atoms with Crippen molar-refractivity contribution in [1.29, 1.82) is 0 Å². The summed E-state index contributed by atoms with van der Waals surface area (Å²) >= 11 is 0. The molecule has 3 nitrogen and oxygen atoms in total. The van der Waals surface area contributed by atoms with Crippen LogP contribution in [0.25, 0.3) is 0 Å². The molecule has 1 aliphatic heterocycles. The fourth-order valence-electron chi connectivity index (χ4n) is 2.61. The number of benzene rings is 2. The average Bonchev–Trinajstić information content (AvgIpc) is 2.49. The number of ketones is 1. The van der Waals surface area contributed by atoms with Gasteiger partial charge in [-0.1, -0.05) is 24.3 Å². The topological polar surface area (TPSA) is 52.3 Å². The summed E-state index contributed by atoms with van der Waals surface area (Å²) in [7, 11) is 0. The Labute approximate surface area is 118 Å². The molecule has 1 aliphatic rings. The Hall–Kier alpha value is -2.29. The molecule has 3 heteroatoms. The minimum absolute atomic E-state index is 0.0199. The number of rotatable bonds is 2. The lowest BCUT2D eigenvalue weighted by Gasteiger charge is -2.20. The summed E-state index contributed by atoms with van der Waals surface area (Å²) in [4.78, 5) is 12.8. The fraction of sp³-hybridized carbons (Fsp3) is 0.235. The average molecular weight is 267 g/mol. The predicted octanol–water partition coefficient (Wildman–Crippen LogP) is 3.13. The van der Waals surface area contributed by atoms with Gasteiger partial charge in [0, 0.05) is 11.3 Å². The second-order valence-corrected chi connectivity index (χ2v) is 5.09. The van der Waals surface area contributed by atoms with Crippen LogP contribution in [0.3, 0.4) is 0 Å². The Morgan fingerprint density at radius 2 is 1.90 bits per heavy atom. The highest BCUT2D eigenvalue weighted by Crippen LogP contribution is 2.31. The molecule has 3 rings (SSSR count). The smallest absolute Gasteiger partial charge is 0.197 e. The monoisotopic (exact) mass is 267 g/mol. The SMILES string of the molecule is Cc1c(N)cccc1C(=O)c1cccc2c1OCCC2. The van der Waals surface area contributed by atoms with Crippen molar-refractivity contribution in [2.75, 3.05) is 12.3 Å². The molecular weight excluding hydrogens is 250 g/mol. The van der Waals surface area contributed by atoms with Crippen molar-refractivity contribution in [3.8, 4) is 5.75 Å². The maximum Gasteiger partial charge on any atom is 0.197 e. The largest absolute Gasteiger partial charge is 0.493 e. The van der Waals surface area contributed by atoms with E-state index in [2.05, 4.69) is 0 Å². The number of hydrogen-bond donors (Lipinski definition) is 1. The minimum Gasteiger partial charge on any atom is -0.493 e. The van der Waals surface area contributed by atoms with E-state index in [1.807, 2.05) is 43.3 Å². The molecular formula is C17H17NO2. The number of ether oxygens (including phenoxy) is 1. The van der Waals surface area contributed by atoms with Gasteiger partial charge in [-0.3, -0.25) is 4.79 Å². The van der Waals surface area contributed by atoms with E-state index in [9.17, 15) is 4.79 Å². The standard InChI is InChI=1S/C17H17NO2/c1-11-13(7-3-9-15(11)18)16(19)14-8-2-5-12-6-4-10-20-17(12)14/h2-3,5,7-9H,4,6,10,18H2,1H3. The van der Waals surface area contributed by atoms with E-state index in [1.165, 1.54) is 0 Å². The Morgan fingerprint density at radius 1 is 1.15 bits per heavy atom. The quantitative estimate of drug-likeness (QED) is 0.672. The lowest BCUT2D eigenvalue weighted by molar-refractivity contribution is 0.103. The number of hydrogen-bond acceptors (Lipinski definition) is 3. The lowest BCUT2D eigenvalue weighted by Crippen LogP contribution is -2.14. The highest BCUT2D eigenvalue weighted by molar-refractivity contribution is 6.12. The van der Waals surface area contributed by atoms with E-state index in [-0.39, 0.29) is 5.78 Å². The highest BCUT2D eigenvalue weighted by atomic mass is 16.5. The van der Waals surface area contributed by atoms with Crippen molar-refractivity contribution in [1.82, 2.24) is 0 Å². The summed E-state index contributed by atoms with van der Waals surface area (Å²) in [5, 5.41) is 0. The van der Waals surface area contributed by atoms with Gasteiger partial charge in [0.15, 0.2) is 5.78 Å². The van der Waals surface area contributed by atoms with Crippen molar-refractivity contribution >= 4 is 11.5 Å². The molecule has 2 aromatic carbocycles. The normalized spacial score (nSPS) is 13.4. The van der Waals surface area contributed by atoms with E-state index >= 15 is 0 Å².